The molecule has 1 aliphatic rings. The quantitative estimate of drug-likeness (QED) is 0.672. The van der Waals surface area contributed by atoms with Gasteiger partial charge in [-0.2, -0.15) is 0 Å². The van der Waals surface area contributed by atoms with Gasteiger partial charge in [-0.1, -0.05) is 13.8 Å². The van der Waals surface area contributed by atoms with E-state index in [4.69, 9.17) is 0 Å². The van der Waals surface area contributed by atoms with Gasteiger partial charge in [0.25, 0.3) is 0 Å². The van der Waals surface area contributed by atoms with Crippen LogP contribution in [-0.4, -0.2) is 38.1 Å². The second kappa shape index (κ2) is 8.08. The average Bonchev–Trinajstić information content (AvgIpc) is 2.25. The maximum atomic E-state index is 3.59. The summed E-state index contributed by atoms with van der Waals surface area (Å²) in [7, 11) is 2.24. The number of nitrogens with zero attached hydrogens (tertiary/aromatic N) is 1. The van der Waals surface area contributed by atoms with Crippen molar-refractivity contribution in [1.29, 1.82) is 0 Å². The van der Waals surface area contributed by atoms with Gasteiger partial charge in [-0.05, 0) is 77.2 Å². The van der Waals surface area contributed by atoms with Crippen LogP contribution in [0.4, 0.5) is 0 Å². The lowest BCUT2D eigenvalue weighted by Gasteiger charge is -2.28. The molecule has 2 nitrogen and oxygen atoms in total. The summed E-state index contributed by atoms with van der Waals surface area (Å²) in [6.45, 7) is 9.66. The number of rotatable bonds is 7. The predicted octanol–water partition coefficient (Wildman–Crippen LogP) is 2.74. The summed E-state index contributed by atoms with van der Waals surface area (Å²) in [6.07, 6.45) is 6.90. The number of hydrogen-bond donors (Lipinski definition) is 1. The summed E-state index contributed by atoms with van der Waals surface area (Å²) in [5, 5.41) is 3.59. The molecule has 1 fully saturated rings. The monoisotopic (exact) mass is 226 g/mol. The van der Waals surface area contributed by atoms with Gasteiger partial charge < -0.3 is 10.2 Å². The minimum Gasteiger partial charge on any atom is -0.317 e. The van der Waals surface area contributed by atoms with E-state index < -0.39 is 0 Å². The Morgan fingerprint density at radius 3 is 2.50 bits per heavy atom. The highest BCUT2D eigenvalue weighted by atomic mass is 15.1. The van der Waals surface area contributed by atoms with Gasteiger partial charge in [0.05, 0.1) is 0 Å². The predicted molar refractivity (Wildman–Crippen MR) is 71.8 cm³/mol. The fourth-order valence-electron chi connectivity index (χ4n) is 2.42. The maximum absolute atomic E-state index is 3.59. The van der Waals surface area contributed by atoms with Gasteiger partial charge >= 0.3 is 0 Å². The second-order valence-electron chi connectivity index (χ2n) is 5.82. The van der Waals surface area contributed by atoms with Crippen LogP contribution in [-0.2, 0) is 0 Å². The Balaban J connectivity index is 1.87. The highest BCUT2D eigenvalue weighted by molar-refractivity contribution is 4.70. The van der Waals surface area contributed by atoms with Gasteiger partial charge in [-0.15, -0.1) is 0 Å². The van der Waals surface area contributed by atoms with E-state index in [1.54, 1.807) is 0 Å². The van der Waals surface area contributed by atoms with E-state index >= 15 is 0 Å². The zero-order valence-corrected chi connectivity index (χ0v) is 11.5. The van der Waals surface area contributed by atoms with Gasteiger partial charge in [0.1, 0.15) is 0 Å². The smallest absolute Gasteiger partial charge is 0.00191 e. The summed E-state index contributed by atoms with van der Waals surface area (Å²) in [4.78, 5) is 2.45. The van der Waals surface area contributed by atoms with Crippen molar-refractivity contribution < 1.29 is 0 Å². The molecule has 0 aromatic heterocycles. The van der Waals surface area contributed by atoms with Crippen LogP contribution < -0.4 is 5.32 Å². The Morgan fingerprint density at radius 2 is 1.88 bits per heavy atom. The molecule has 0 radical (unpaired) electrons. The van der Waals surface area contributed by atoms with Crippen LogP contribution in [0.5, 0.6) is 0 Å². The molecule has 0 atom stereocenters. The van der Waals surface area contributed by atoms with Crippen LogP contribution in [0.1, 0.15) is 46.0 Å². The summed E-state index contributed by atoms with van der Waals surface area (Å²) < 4.78 is 0. The van der Waals surface area contributed by atoms with Crippen molar-refractivity contribution in [2.75, 3.05) is 33.2 Å². The topological polar surface area (TPSA) is 15.3 Å². The molecule has 0 aromatic rings. The minimum atomic E-state index is 0.857. The van der Waals surface area contributed by atoms with E-state index in [9.17, 15) is 0 Å². The third-order valence-electron chi connectivity index (χ3n) is 3.70. The van der Waals surface area contributed by atoms with Crippen LogP contribution in [0.2, 0.25) is 0 Å². The van der Waals surface area contributed by atoms with Crippen molar-refractivity contribution in [1.82, 2.24) is 10.2 Å². The zero-order valence-electron chi connectivity index (χ0n) is 11.5. The van der Waals surface area contributed by atoms with E-state index in [0.29, 0.717) is 0 Å². The van der Waals surface area contributed by atoms with Crippen LogP contribution in [0.3, 0.4) is 0 Å². The van der Waals surface area contributed by atoms with Gasteiger partial charge in [0.15, 0.2) is 0 Å². The molecule has 1 aliphatic heterocycles. The van der Waals surface area contributed by atoms with E-state index in [-0.39, 0.29) is 0 Å². The molecule has 1 saturated heterocycles. The Kier molecular flexibility index (Phi) is 7.06. The van der Waals surface area contributed by atoms with Crippen molar-refractivity contribution in [3.05, 3.63) is 0 Å². The lowest BCUT2D eigenvalue weighted by atomic mass is 9.94. The first-order chi connectivity index (χ1) is 7.68. The zero-order chi connectivity index (χ0) is 11.8. The molecule has 0 spiro atoms. The van der Waals surface area contributed by atoms with Crippen molar-refractivity contribution in [2.24, 2.45) is 11.8 Å². The number of hydrogen-bond acceptors (Lipinski definition) is 2. The lowest BCUT2D eigenvalue weighted by molar-refractivity contribution is 0.211. The first-order valence-corrected chi connectivity index (χ1v) is 7.07. The third kappa shape index (κ3) is 6.49. The molecule has 0 aliphatic carbocycles. The molecule has 2 heteroatoms. The number of nitrogens with one attached hydrogen (secondary N) is 1. The molecule has 96 valence electrons. The van der Waals surface area contributed by atoms with Crippen molar-refractivity contribution in [2.45, 2.75) is 46.0 Å². The molecule has 1 rings (SSSR count). The Bertz CT molecular complexity index is 160. The number of piperidine rings is 1. The Labute approximate surface area is 102 Å². The third-order valence-corrected chi connectivity index (χ3v) is 3.70. The Morgan fingerprint density at radius 1 is 1.19 bits per heavy atom. The minimum absolute atomic E-state index is 0.857. The van der Waals surface area contributed by atoms with E-state index in [1.165, 1.54) is 58.3 Å². The van der Waals surface area contributed by atoms with Crippen molar-refractivity contribution >= 4 is 0 Å². The van der Waals surface area contributed by atoms with E-state index in [1.807, 2.05) is 0 Å². The van der Waals surface area contributed by atoms with Crippen LogP contribution in [0.15, 0.2) is 0 Å². The van der Waals surface area contributed by atoms with E-state index in [2.05, 4.69) is 31.1 Å². The summed E-state index contributed by atoms with van der Waals surface area (Å²) >= 11 is 0. The summed E-state index contributed by atoms with van der Waals surface area (Å²) in [5.41, 5.74) is 0. The molecule has 1 heterocycles. The van der Waals surface area contributed by atoms with Gasteiger partial charge in [-0.25, -0.2) is 0 Å². The highest BCUT2D eigenvalue weighted by Crippen LogP contribution is 2.18. The van der Waals surface area contributed by atoms with Gasteiger partial charge in [0.2, 0.25) is 0 Å². The Hall–Kier alpha value is -0.0800. The lowest BCUT2D eigenvalue weighted by Crippen LogP contribution is -2.31. The van der Waals surface area contributed by atoms with Crippen LogP contribution in [0, 0.1) is 11.8 Å². The molecular weight excluding hydrogens is 196 g/mol. The van der Waals surface area contributed by atoms with Gasteiger partial charge in [0, 0.05) is 0 Å². The largest absolute Gasteiger partial charge is 0.317 e. The molecule has 0 unspecified atom stereocenters. The molecule has 0 aromatic carbocycles. The van der Waals surface area contributed by atoms with Crippen LogP contribution in [0.25, 0.3) is 0 Å². The normalized spacial score (nSPS) is 19.5. The molecule has 1 N–H and O–H groups in total. The van der Waals surface area contributed by atoms with Crippen molar-refractivity contribution in [3.63, 3.8) is 0 Å². The molecule has 0 amide bonds. The molecule has 0 saturated carbocycles. The second-order valence-corrected chi connectivity index (χ2v) is 5.82. The molecule has 0 bridgehead atoms. The van der Waals surface area contributed by atoms with Crippen LogP contribution >= 0.6 is 0 Å². The standard InChI is InChI=1S/C14H30N2/c1-13(2)5-4-9-15-10-6-14-7-11-16(3)12-8-14/h13-15H,4-12H2,1-3H3. The number of likely N-dealkylation sites (tertiary alicyclic amines) is 1. The van der Waals surface area contributed by atoms with Gasteiger partial charge in [-0.3, -0.25) is 0 Å². The fraction of sp³-hybridized carbons (Fsp3) is 1.00. The first-order valence-electron chi connectivity index (χ1n) is 7.07. The maximum Gasteiger partial charge on any atom is -0.00191 e. The van der Waals surface area contributed by atoms with Crippen molar-refractivity contribution in [3.8, 4) is 0 Å². The van der Waals surface area contributed by atoms with E-state index in [0.717, 1.165) is 11.8 Å². The molecule has 16 heavy (non-hydrogen) atoms. The summed E-state index contributed by atoms with van der Waals surface area (Å²) in [6, 6.07) is 0. The first kappa shape index (κ1) is 14.0. The summed E-state index contributed by atoms with van der Waals surface area (Å²) in [5.74, 6) is 1.84. The SMILES string of the molecule is CC(C)CCCNCCC1CCN(C)CC1. The average molecular weight is 226 g/mol. The highest BCUT2D eigenvalue weighted by Gasteiger charge is 2.15. The fourth-order valence-corrected chi connectivity index (χ4v) is 2.42. The molecular formula is C14H30N2.